The lowest BCUT2D eigenvalue weighted by atomic mass is 9.96. The number of nitrogens with zero attached hydrogens (tertiary/aromatic N) is 2. The topological polar surface area (TPSA) is 78.7 Å². The zero-order valence-corrected chi connectivity index (χ0v) is 13.3. The van der Waals surface area contributed by atoms with Gasteiger partial charge in [0.15, 0.2) is 0 Å². The molecule has 2 heterocycles. The highest BCUT2D eigenvalue weighted by molar-refractivity contribution is 5.81. The fraction of sp³-hybridized carbons (Fsp3) is 0.875. The van der Waals surface area contributed by atoms with Crippen LogP contribution in [0.4, 0.5) is 4.79 Å². The molecule has 2 atom stereocenters. The summed E-state index contributed by atoms with van der Waals surface area (Å²) in [6, 6.07) is 0.240. The van der Waals surface area contributed by atoms with E-state index in [1.807, 2.05) is 9.80 Å². The highest BCUT2D eigenvalue weighted by Crippen LogP contribution is 2.32. The van der Waals surface area contributed by atoms with E-state index in [4.69, 9.17) is 5.73 Å². The Bertz CT molecular complexity index is 418. The molecular formula is C16H28N4O2. The lowest BCUT2D eigenvalue weighted by Crippen LogP contribution is -2.51. The first-order chi connectivity index (χ1) is 10.7. The zero-order chi connectivity index (χ0) is 15.5. The van der Waals surface area contributed by atoms with Gasteiger partial charge in [0.2, 0.25) is 5.91 Å². The standard InChI is InChI=1S/C16H28N4O2/c17-10-14(12-5-6-12)18-15(21)13-4-3-9-20(11-13)16(22)19-7-1-2-8-19/h12-14H,1-11,17H2,(H,18,21). The first-order valence-electron chi connectivity index (χ1n) is 8.73. The van der Waals surface area contributed by atoms with Crippen LogP contribution in [-0.2, 0) is 4.79 Å². The number of urea groups is 1. The summed E-state index contributed by atoms with van der Waals surface area (Å²) in [4.78, 5) is 28.7. The molecule has 0 aromatic carbocycles. The van der Waals surface area contributed by atoms with Crippen LogP contribution < -0.4 is 11.1 Å². The molecular weight excluding hydrogens is 280 g/mol. The van der Waals surface area contributed by atoms with Crippen LogP contribution in [0.1, 0.15) is 38.5 Å². The third-order valence-corrected chi connectivity index (χ3v) is 5.21. The molecule has 2 aliphatic heterocycles. The molecule has 0 aromatic heterocycles. The number of hydrogen-bond donors (Lipinski definition) is 2. The lowest BCUT2D eigenvalue weighted by Gasteiger charge is -2.35. The minimum Gasteiger partial charge on any atom is -0.352 e. The first-order valence-corrected chi connectivity index (χ1v) is 8.73. The minimum atomic E-state index is -0.0758. The third kappa shape index (κ3) is 3.54. The van der Waals surface area contributed by atoms with Gasteiger partial charge in [-0.25, -0.2) is 4.79 Å². The second-order valence-electron chi connectivity index (χ2n) is 6.95. The number of amides is 3. The molecule has 3 rings (SSSR count). The van der Waals surface area contributed by atoms with E-state index in [9.17, 15) is 9.59 Å². The molecule has 0 spiro atoms. The predicted molar refractivity (Wildman–Crippen MR) is 84.2 cm³/mol. The van der Waals surface area contributed by atoms with Crippen molar-refractivity contribution in [2.45, 2.75) is 44.6 Å². The molecule has 0 aromatic rings. The number of carbonyl (C=O) groups is 2. The fourth-order valence-corrected chi connectivity index (χ4v) is 3.64. The molecule has 3 fully saturated rings. The van der Waals surface area contributed by atoms with Crippen molar-refractivity contribution in [2.24, 2.45) is 17.6 Å². The molecule has 6 nitrogen and oxygen atoms in total. The average Bonchev–Trinajstić information content (AvgIpc) is 3.25. The molecule has 6 heteroatoms. The summed E-state index contributed by atoms with van der Waals surface area (Å²) < 4.78 is 0. The Morgan fingerprint density at radius 2 is 1.73 bits per heavy atom. The molecule has 0 bridgehead atoms. The molecule has 2 unspecified atom stereocenters. The van der Waals surface area contributed by atoms with Crippen molar-refractivity contribution >= 4 is 11.9 Å². The van der Waals surface area contributed by atoms with E-state index in [0.717, 1.165) is 45.3 Å². The molecule has 3 amide bonds. The molecule has 3 aliphatic rings. The van der Waals surface area contributed by atoms with E-state index in [1.165, 1.54) is 12.8 Å². The van der Waals surface area contributed by atoms with Gasteiger partial charge in [-0.3, -0.25) is 4.79 Å². The maximum atomic E-state index is 12.5. The summed E-state index contributed by atoms with van der Waals surface area (Å²) in [5.41, 5.74) is 5.76. The van der Waals surface area contributed by atoms with Gasteiger partial charge in [0, 0.05) is 38.8 Å². The van der Waals surface area contributed by atoms with Crippen molar-refractivity contribution < 1.29 is 9.59 Å². The van der Waals surface area contributed by atoms with Crippen molar-refractivity contribution in [3.05, 3.63) is 0 Å². The van der Waals surface area contributed by atoms with Crippen LogP contribution in [-0.4, -0.2) is 60.5 Å². The Balaban J connectivity index is 1.52. The Labute approximate surface area is 132 Å². The Morgan fingerprint density at radius 1 is 1.05 bits per heavy atom. The highest BCUT2D eigenvalue weighted by atomic mass is 16.2. The van der Waals surface area contributed by atoms with Gasteiger partial charge in [0.25, 0.3) is 0 Å². The third-order valence-electron chi connectivity index (χ3n) is 5.21. The number of rotatable bonds is 4. The number of hydrogen-bond acceptors (Lipinski definition) is 3. The second kappa shape index (κ2) is 6.86. The van der Waals surface area contributed by atoms with E-state index in [-0.39, 0.29) is 23.9 Å². The number of piperidine rings is 1. The van der Waals surface area contributed by atoms with Gasteiger partial charge in [0.05, 0.1) is 5.92 Å². The Morgan fingerprint density at radius 3 is 2.36 bits per heavy atom. The number of nitrogens with one attached hydrogen (secondary N) is 1. The largest absolute Gasteiger partial charge is 0.352 e. The van der Waals surface area contributed by atoms with E-state index >= 15 is 0 Å². The van der Waals surface area contributed by atoms with Gasteiger partial charge in [-0.05, 0) is 44.4 Å². The molecule has 1 saturated carbocycles. The smallest absolute Gasteiger partial charge is 0.320 e. The molecule has 0 radical (unpaired) electrons. The summed E-state index contributed by atoms with van der Waals surface area (Å²) in [6.45, 7) is 3.58. The number of nitrogens with two attached hydrogens (primary N) is 1. The van der Waals surface area contributed by atoms with Gasteiger partial charge in [-0.1, -0.05) is 0 Å². The Kier molecular flexibility index (Phi) is 4.86. The van der Waals surface area contributed by atoms with Crippen molar-refractivity contribution in [1.29, 1.82) is 0 Å². The summed E-state index contributed by atoms with van der Waals surface area (Å²) in [5.74, 6) is 0.578. The van der Waals surface area contributed by atoms with Crippen LogP contribution in [0.25, 0.3) is 0 Å². The SMILES string of the molecule is NCC(NC(=O)C1CCCN(C(=O)N2CCCC2)C1)C1CC1. The monoisotopic (exact) mass is 308 g/mol. The molecule has 2 saturated heterocycles. The van der Waals surface area contributed by atoms with Crippen LogP contribution in [0.15, 0.2) is 0 Å². The van der Waals surface area contributed by atoms with Crippen LogP contribution >= 0.6 is 0 Å². The van der Waals surface area contributed by atoms with Crippen molar-refractivity contribution in [1.82, 2.24) is 15.1 Å². The minimum absolute atomic E-state index is 0.0758. The van der Waals surface area contributed by atoms with E-state index < -0.39 is 0 Å². The van der Waals surface area contributed by atoms with E-state index in [1.54, 1.807) is 0 Å². The van der Waals surface area contributed by atoms with Gasteiger partial charge < -0.3 is 20.9 Å². The normalized spacial score (nSPS) is 26.9. The summed E-state index contributed by atoms with van der Waals surface area (Å²) in [7, 11) is 0. The van der Waals surface area contributed by atoms with Gasteiger partial charge in [-0.15, -0.1) is 0 Å². The summed E-state index contributed by atoms with van der Waals surface area (Å²) in [6.07, 6.45) is 6.33. The van der Waals surface area contributed by atoms with Crippen molar-refractivity contribution in [3.63, 3.8) is 0 Å². The van der Waals surface area contributed by atoms with Crippen molar-refractivity contribution in [3.8, 4) is 0 Å². The quantitative estimate of drug-likeness (QED) is 0.805. The maximum absolute atomic E-state index is 12.5. The Hall–Kier alpha value is -1.30. The number of likely N-dealkylation sites (tertiary alicyclic amines) is 2. The molecule has 1 aliphatic carbocycles. The van der Waals surface area contributed by atoms with Gasteiger partial charge in [0.1, 0.15) is 0 Å². The van der Waals surface area contributed by atoms with Crippen molar-refractivity contribution in [2.75, 3.05) is 32.7 Å². The van der Waals surface area contributed by atoms with Crippen LogP contribution in [0.3, 0.4) is 0 Å². The molecule has 22 heavy (non-hydrogen) atoms. The summed E-state index contributed by atoms with van der Waals surface area (Å²) >= 11 is 0. The van der Waals surface area contributed by atoms with Crippen LogP contribution in [0.5, 0.6) is 0 Å². The van der Waals surface area contributed by atoms with Gasteiger partial charge in [-0.2, -0.15) is 0 Å². The van der Waals surface area contributed by atoms with Crippen LogP contribution in [0, 0.1) is 11.8 Å². The number of carbonyl (C=O) groups excluding carboxylic acids is 2. The van der Waals surface area contributed by atoms with E-state index in [0.29, 0.717) is 19.0 Å². The van der Waals surface area contributed by atoms with Gasteiger partial charge >= 0.3 is 6.03 Å². The molecule has 124 valence electrons. The van der Waals surface area contributed by atoms with E-state index in [2.05, 4.69) is 5.32 Å². The maximum Gasteiger partial charge on any atom is 0.320 e. The second-order valence-corrected chi connectivity index (χ2v) is 6.95. The average molecular weight is 308 g/mol. The fourth-order valence-electron chi connectivity index (χ4n) is 3.64. The predicted octanol–water partition coefficient (Wildman–Crippen LogP) is 0.768. The highest BCUT2D eigenvalue weighted by Gasteiger charge is 2.35. The van der Waals surface area contributed by atoms with Crippen LogP contribution in [0.2, 0.25) is 0 Å². The summed E-state index contributed by atoms with van der Waals surface area (Å²) in [5, 5.41) is 3.11. The zero-order valence-electron chi connectivity index (χ0n) is 13.3. The first kappa shape index (κ1) is 15.6. The lowest BCUT2D eigenvalue weighted by molar-refractivity contribution is -0.127. The molecule has 3 N–H and O–H groups in total.